The number of nitrogens with one attached hydrogen (secondary N) is 1. The molecule has 2 aromatic rings. The molecule has 2 fully saturated rings. The molecule has 1 unspecified atom stereocenters. The number of carbonyl (C=O) groups is 1. The maximum atomic E-state index is 13.8. The first-order chi connectivity index (χ1) is 13.3. The Hall–Kier alpha value is -2.54. The minimum atomic E-state index is -0.425. The van der Waals surface area contributed by atoms with Crippen LogP contribution >= 0.6 is 0 Å². The number of nitrogens with two attached hydrogens (primary N) is 1. The number of hydrogen-bond donors (Lipinski definition) is 2. The van der Waals surface area contributed by atoms with E-state index in [-0.39, 0.29) is 17.5 Å². The van der Waals surface area contributed by atoms with E-state index in [1.165, 1.54) is 6.07 Å². The van der Waals surface area contributed by atoms with E-state index in [2.05, 4.69) is 20.2 Å². The highest BCUT2D eigenvalue weighted by molar-refractivity contribution is 6.03. The first-order valence-electron chi connectivity index (χ1n) is 9.78. The summed E-state index contributed by atoms with van der Waals surface area (Å²) in [5, 5.41) is 3.11. The average Bonchev–Trinajstić information content (AvgIpc) is 3.44. The monoisotopic (exact) mass is 383 g/mol. The van der Waals surface area contributed by atoms with Gasteiger partial charge in [0, 0.05) is 54.4 Å². The third kappa shape index (κ3) is 3.85. The van der Waals surface area contributed by atoms with Crippen molar-refractivity contribution in [3.63, 3.8) is 0 Å². The molecule has 0 bridgehead atoms. The van der Waals surface area contributed by atoms with Crippen LogP contribution in [0.4, 0.5) is 10.1 Å². The van der Waals surface area contributed by atoms with Gasteiger partial charge in [-0.3, -0.25) is 14.8 Å². The molecular weight excluding hydrogens is 357 g/mol. The van der Waals surface area contributed by atoms with Crippen LogP contribution in [-0.4, -0.2) is 40.5 Å². The van der Waals surface area contributed by atoms with E-state index in [0.717, 1.165) is 37.7 Å². The van der Waals surface area contributed by atoms with Crippen LogP contribution in [0.1, 0.15) is 43.5 Å². The Labute approximate surface area is 164 Å². The smallest absolute Gasteiger partial charge is 0.255 e. The van der Waals surface area contributed by atoms with E-state index in [1.807, 2.05) is 13.8 Å². The molecular formula is C21H26FN5O. The predicted octanol–water partition coefficient (Wildman–Crippen LogP) is 2.74. The number of anilines is 1. The molecule has 1 saturated heterocycles. The molecule has 7 heteroatoms. The summed E-state index contributed by atoms with van der Waals surface area (Å²) in [5.74, 6) is -0.0282. The summed E-state index contributed by atoms with van der Waals surface area (Å²) in [6.45, 7) is 5.39. The fourth-order valence-corrected chi connectivity index (χ4v) is 3.90. The fraction of sp³-hybridized carbons (Fsp3) is 0.476. The fourth-order valence-electron chi connectivity index (χ4n) is 3.90. The SMILES string of the molecule is CC(NC(=O)c1cncc(-c2cncc(F)c2)c1N1CC[C@](C)(N)C1)C1CC1. The first kappa shape index (κ1) is 18.8. The molecule has 3 heterocycles. The third-order valence-electron chi connectivity index (χ3n) is 5.69. The van der Waals surface area contributed by atoms with Gasteiger partial charge >= 0.3 is 0 Å². The molecule has 2 aromatic heterocycles. The van der Waals surface area contributed by atoms with Gasteiger partial charge in [-0.05, 0) is 45.1 Å². The molecule has 2 aliphatic rings. The molecule has 2 atom stereocenters. The van der Waals surface area contributed by atoms with Crippen molar-refractivity contribution in [3.8, 4) is 11.1 Å². The summed E-state index contributed by atoms with van der Waals surface area (Å²) in [6, 6.07) is 1.54. The van der Waals surface area contributed by atoms with Crippen molar-refractivity contribution in [2.45, 2.75) is 44.7 Å². The van der Waals surface area contributed by atoms with Crippen LogP contribution in [0, 0.1) is 11.7 Å². The van der Waals surface area contributed by atoms with E-state index in [1.54, 1.807) is 18.6 Å². The zero-order valence-electron chi connectivity index (χ0n) is 16.3. The number of nitrogens with zero attached hydrogens (tertiary/aromatic N) is 3. The first-order valence-corrected chi connectivity index (χ1v) is 9.78. The number of pyridine rings is 2. The summed E-state index contributed by atoms with van der Waals surface area (Å²) in [4.78, 5) is 23.4. The van der Waals surface area contributed by atoms with Crippen LogP contribution in [0.15, 0.2) is 30.9 Å². The van der Waals surface area contributed by atoms with Crippen molar-refractivity contribution in [3.05, 3.63) is 42.2 Å². The van der Waals surface area contributed by atoms with Crippen molar-refractivity contribution in [2.75, 3.05) is 18.0 Å². The van der Waals surface area contributed by atoms with Crippen LogP contribution in [0.25, 0.3) is 11.1 Å². The Kier molecular flexibility index (Phi) is 4.79. The van der Waals surface area contributed by atoms with Crippen LogP contribution in [-0.2, 0) is 0 Å². The highest BCUT2D eigenvalue weighted by Gasteiger charge is 2.35. The highest BCUT2D eigenvalue weighted by atomic mass is 19.1. The second-order valence-electron chi connectivity index (χ2n) is 8.40. The summed E-state index contributed by atoms with van der Waals surface area (Å²) < 4.78 is 13.8. The summed E-state index contributed by atoms with van der Waals surface area (Å²) in [5.41, 5.74) is 8.53. The zero-order chi connectivity index (χ0) is 19.9. The molecule has 1 saturated carbocycles. The maximum Gasteiger partial charge on any atom is 0.255 e. The zero-order valence-corrected chi connectivity index (χ0v) is 16.3. The van der Waals surface area contributed by atoms with Crippen molar-refractivity contribution in [1.82, 2.24) is 15.3 Å². The average molecular weight is 383 g/mol. The lowest BCUT2D eigenvalue weighted by Crippen LogP contribution is -2.40. The Bertz CT molecular complexity index is 896. The molecule has 4 rings (SSSR count). The molecule has 3 N–H and O–H groups in total. The summed E-state index contributed by atoms with van der Waals surface area (Å²) in [6.07, 6.45) is 9.13. The Balaban J connectivity index is 1.76. The van der Waals surface area contributed by atoms with Gasteiger partial charge in [0.2, 0.25) is 0 Å². The van der Waals surface area contributed by atoms with Gasteiger partial charge in [-0.25, -0.2) is 4.39 Å². The van der Waals surface area contributed by atoms with Crippen molar-refractivity contribution in [2.24, 2.45) is 11.7 Å². The lowest BCUT2D eigenvalue weighted by molar-refractivity contribution is 0.0936. The molecule has 0 spiro atoms. The van der Waals surface area contributed by atoms with Crippen molar-refractivity contribution in [1.29, 1.82) is 0 Å². The topological polar surface area (TPSA) is 84.1 Å². The molecule has 28 heavy (non-hydrogen) atoms. The molecule has 0 radical (unpaired) electrons. The minimum absolute atomic E-state index is 0.123. The minimum Gasteiger partial charge on any atom is -0.368 e. The third-order valence-corrected chi connectivity index (χ3v) is 5.69. The van der Waals surface area contributed by atoms with Crippen molar-refractivity contribution >= 4 is 11.6 Å². The van der Waals surface area contributed by atoms with Crippen LogP contribution in [0.5, 0.6) is 0 Å². The number of amides is 1. The summed E-state index contributed by atoms with van der Waals surface area (Å²) in [7, 11) is 0. The molecule has 6 nitrogen and oxygen atoms in total. The van der Waals surface area contributed by atoms with Gasteiger partial charge in [0.15, 0.2) is 0 Å². The van der Waals surface area contributed by atoms with E-state index in [4.69, 9.17) is 5.73 Å². The quantitative estimate of drug-likeness (QED) is 0.829. The van der Waals surface area contributed by atoms with Gasteiger partial charge < -0.3 is 16.0 Å². The standard InChI is InChI=1S/C21H26FN5O/c1-13(14-3-4-14)26-20(28)18-11-25-10-17(15-7-16(22)9-24-8-15)19(18)27-6-5-21(2,23)12-27/h7-11,13-14H,3-6,12,23H2,1-2H3,(H,26,28)/t13?,21-/m0/s1. The molecule has 1 amide bonds. The molecule has 1 aliphatic carbocycles. The predicted molar refractivity (Wildman–Crippen MR) is 107 cm³/mol. The summed E-state index contributed by atoms with van der Waals surface area (Å²) >= 11 is 0. The van der Waals surface area contributed by atoms with Crippen LogP contribution in [0.2, 0.25) is 0 Å². The number of hydrogen-bond acceptors (Lipinski definition) is 5. The number of aromatic nitrogens is 2. The van der Waals surface area contributed by atoms with E-state index >= 15 is 0 Å². The van der Waals surface area contributed by atoms with Gasteiger partial charge in [-0.15, -0.1) is 0 Å². The van der Waals surface area contributed by atoms with E-state index in [9.17, 15) is 9.18 Å². The highest BCUT2D eigenvalue weighted by Crippen LogP contribution is 2.37. The Morgan fingerprint density at radius 2 is 2.07 bits per heavy atom. The van der Waals surface area contributed by atoms with E-state index < -0.39 is 5.82 Å². The van der Waals surface area contributed by atoms with Crippen LogP contribution < -0.4 is 16.0 Å². The molecule has 0 aromatic carbocycles. The lowest BCUT2D eigenvalue weighted by Gasteiger charge is -2.26. The largest absolute Gasteiger partial charge is 0.368 e. The molecule has 148 valence electrons. The van der Waals surface area contributed by atoms with Crippen molar-refractivity contribution < 1.29 is 9.18 Å². The van der Waals surface area contributed by atoms with Crippen LogP contribution in [0.3, 0.4) is 0 Å². The molecule has 1 aliphatic heterocycles. The Morgan fingerprint density at radius 3 is 2.71 bits per heavy atom. The number of rotatable bonds is 5. The second-order valence-corrected chi connectivity index (χ2v) is 8.40. The van der Waals surface area contributed by atoms with Gasteiger partial charge in [0.25, 0.3) is 5.91 Å². The maximum absolute atomic E-state index is 13.8. The normalized spacial score (nSPS) is 22.9. The number of carbonyl (C=O) groups excluding carboxylic acids is 1. The Morgan fingerprint density at radius 1 is 1.32 bits per heavy atom. The second kappa shape index (κ2) is 7.13. The van der Waals surface area contributed by atoms with Gasteiger partial charge in [-0.1, -0.05) is 0 Å². The number of halogens is 1. The van der Waals surface area contributed by atoms with Gasteiger partial charge in [-0.2, -0.15) is 0 Å². The lowest BCUT2D eigenvalue weighted by atomic mass is 10.0. The van der Waals surface area contributed by atoms with Gasteiger partial charge in [0.1, 0.15) is 5.82 Å². The van der Waals surface area contributed by atoms with E-state index in [0.29, 0.717) is 29.2 Å². The van der Waals surface area contributed by atoms with Gasteiger partial charge in [0.05, 0.1) is 17.4 Å².